The smallest absolute Gasteiger partial charge is 0.303 e. The molecule has 0 aromatic carbocycles. The molecule has 4 aliphatic rings. The van der Waals surface area contributed by atoms with E-state index >= 15 is 0 Å². The van der Waals surface area contributed by atoms with Crippen molar-refractivity contribution in [2.75, 3.05) is 0 Å². The van der Waals surface area contributed by atoms with Gasteiger partial charge >= 0.3 is 11.9 Å². The van der Waals surface area contributed by atoms with E-state index in [4.69, 9.17) is 9.47 Å². The Morgan fingerprint density at radius 1 is 0.943 bits per heavy atom. The molecule has 0 aromatic heterocycles. The molecule has 4 rings (SSSR count). The molecular formula is C31H50O4. The van der Waals surface area contributed by atoms with E-state index in [2.05, 4.69) is 40.7 Å². The number of fused-ring (bicyclic) bond motifs is 5. The molecule has 0 aliphatic heterocycles. The molecule has 9 atom stereocenters. The standard InChI is InChI=1S/C31H50O4/c1-19(2)9-8-10-20(3)24-13-14-25-23-11-12-27-29(35-22(5)33)28(34-21(4)32)16-18-31(27,7)26(23)15-17-30(24,25)6/h12,19-20,23-26,28-29H,8-11,13-18H2,1-7H3/t20-,23+,24-,25+,26+,28-,29-,30-,31+/m0/s1. The maximum absolute atomic E-state index is 12.0. The Morgan fingerprint density at radius 2 is 1.66 bits per heavy atom. The highest BCUT2D eigenvalue weighted by atomic mass is 16.6. The van der Waals surface area contributed by atoms with Crippen molar-refractivity contribution >= 4 is 11.9 Å². The molecule has 4 heteroatoms. The van der Waals surface area contributed by atoms with Gasteiger partial charge in [0.15, 0.2) is 6.10 Å². The molecule has 4 aliphatic carbocycles. The molecule has 4 nitrogen and oxygen atoms in total. The first-order valence-corrected chi connectivity index (χ1v) is 14.5. The number of hydrogen-bond donors (Lipinski definition) is 0. The molecule has 0 amide bonds. The van der Waals surface area contributed by atoms with Crippen molar-refractivity contribution in [3.63, 3.8) is 0 Å². The first-order valence-electron chi connectivity index (χ1n) is 14.5. The van der Waals surface area contributed by atoms with Crippen LogP contribution in [0.3, 0.4) is 0 Å². The number of carbonyl (C=O) groups is 2. The molecule has 0 heterocycles. The summed E-state index contributed by atoms with van der Waals surface area (Å²) in [6, 6.07) is 0. The van der Waals surface area contributed by atoms with Crippen LogP contribution < -0.4 is 0 Å². The van der Waals surface area contributed by atoms with Crippen molar-refractivity contribution in [2.24, 2.45) is 46.3 Å². The van der Waals surface area contributed by atoms with Gasteiger partial charge in [-0.3, -0.25) is 9.59 Å². The number of esters is 2. The summed E-state index contributed by atoms with van der Waals surface area (Å²) in [5.74, 6) is 4.04. The van der Waals surface area contributed by atoms with E-state index in [1.54, 1.807) is 0 Å². The highest BCUT2D eigenvalue weighted by molar-refractivity contribution is 5.68. The molecule has 0 N–H and O–H groups in total. The Hall–Kier alpha value is -1.32. The van der Waals surface area contributed by atoms with Crippen LogP contribution in [0.5, 0.6) is 0 Å². The van der Waals surface area contributed by atoms with Gasteiger partial charge in [0.2, 0.25) is 0 Å². The van der Waals surface area contributed by atoms with E-state index in [0.29, 0.717) is 11.3 Å². The lowest BCUT2D eigenvalue weighted by atomic mass is 9.46. The van der Waals surface area contributed by atoms with E-state index in [1.807, 2.05) is 0 Å². The number of carbonyl (C=O) groups excluding carboxylic acids is 2. The molecule has 0 bridgehead atoms. The molecule has 35 heavy (non-hydrogen) atoms. The summed E-state index contributed by atoms with van der Waals surface area (Å²) in [7, 11) is 0. The Balaban J connectivity index is 1.55. The lowest BCUT2D eigenvalue weighted by Gasteiger charge is -2.59. The number of ether oxygens (including phenoxy) is 2. The van der Waals surface area contributed by atoms with Crippen LogP contribution in [0, 0.1) is 46.3 Å². The summed E-state index contributed by atoms with van der Waals surface area (Å²) in [5, 5.41) is 0. The summed E-state index contributed by atoms with van der Waals surface area (Å²) < 4.78 is 11.5. The topological polar surface area (TPSA) is 52.6 Å². The monoisotopic (exact) mass is 486 g/mol. The van der Waals surface area contributed by atoms with Gasteiger partial charge in [-0.1, -0.05) is 60.0 Å². The SMILES string of the molecule is CC(=O)O[C@H]1CC[C@@]2(C)C(=CC[C@@H]3[C@H]4CC[C@@H]([C@@H](C)CCCC(C)C)[C@]4(C)CC[C@H]32)[C@@H]1OC(C)=O. The molecule has 3 saturated carbocycles. The minimum Gasteiger partial charge on any atom is -0.458 e. The van der Waals surface area contributed by atoms with Gasteiger partial charge in [-0.2, -0.15) is 0 Å². The van der Waals surface area contributed by atoms with Crippen molar-refractivity contribution in [2.45, 2.75) is 125 Å². The van der Waals surface area contributed by atoms with Crippen molar-refractivity contribution in [3.8, 4) is 0 Å². The Labute approximate surface area is 214 Å². The first-order chi connectivity index (χ1) is 16.5. The van der Waals surface area contributed by atoms with Gasteiger partial charge < -0.3 is 9.47 Å². The average Bonchev–Trinajstić information content (AvgIpc) is 3.12. The molecule has 0 saturated heterocycles. The molecule has 0 spiro atoms. The van der Waals surface area contributed by atoms with Crippen LogP contribution in [0.15, 0.2) is 11.6 Å². The first kappa shape index (κ1) is 26.7. The molecule has 198 valence electrons. The Morgan fingerprint density at radius 3 is 2.31 bits per heavy atom. The highest BCUT2D eigenvalue weighted by Gasteiger charge is 2.60. The number of hydrogen-bond acceptors (Lipinski definition) is 4. The molecule has 0 radical (unpaired) electrons. The van der Waals surface area contributed by atoms with E-state index in [-0.39, 0.29) is 23.5 Å². The van der Waals surface area contributed by atoms with Gasteiger partial charge in [0.05, 0.1) is 0 Å². The third-order valence-electron chi connectivity index (χ3n) is 10.9. The van der Waals surface area contributed by atoms with E-state index < -0.39 is 6.10 Å². The predicted octanol–water partition coefficient (Wildman–Crippen LogP) is 7.50. The fourth-order valence-corrected chi connectivity index (χ4v) is 9.36. The second kappa shape index (κ2) is 10.2. The van der Waals surface area contributed by atoms with E-state index in [9.17, 15) is 9.59 Å². The number of rotatable bonds is 7. The Kier molecular flexibility index (Phi) is 7.80. The van der Waals surface area contributed by atoms with Crippen LogP contribution in [0.25, 0.3) is 0 Å². The number of allylic oxidation sites excluding steroid dienone is 1. The maximum atomic E-state index is 12.0. The Bertz CT molecular complexity index is 830. The summed E-state index contributed by atoms with van der Waals surface area (Å²) in [6.45, 7) is 15.2. The van der Waals surface area contributed by atoms with Crippen molar-refractivity contribution < 1.29 is 19.1 Å². The fraction of sp³-hybridized carbons (Fsp3) is 0.871. The molecule has 0 unspecified atom stereocenters. The van der Waals surface area contributed by atoms with E-state index in [1.165, 1.54) is 64.4 Å². The minimum atomic E-state index is -0.429. The second-order valence-electron chi connectivity index (χ2n) is 13.4. The zero-order valence-electron chi connectivity index (χ0n) is 23.4. The van der Waals surface area contributed by atoms with Crippen LogP contribution in [-0.2, 0) is 19.1 Å². The second-order valence-corrected chi connectivity index (χ2v) is 13.4. The summed E-state index contributed by atoms with van der Waals surface area (Å²) in [6.07, 6.45) is 13.9. The quantitative estimate of drug-likeness (QED) is 0.276. The fourth-order valence-electron chi connectivity index (χ4n) is 9.36. The molecular weight excluding hydrogens is 436 g/mol. The van der Waals surface area contributed by atoms with Gasteiger partial charge in [0.1, 0.15) is 6.10 Å². The van der Waals surface area contributed by atoms with Crippen LogP contribution >= 0.6 is 0 Å². The summed E-state index contributed by atoms with van der Waals surface area (Å²) in [5.41, 5.74) is 1.72. The van der Waals surface area contributed by atoms with E-state index in [0.717, 1.165) is 48.9 Å². The lowest BCUT2D eigenvalue weighted by molar-refractivity contribution is -0.170. The third-order valence-corrected chi connectivity index (χ3v) is 10.9. The average molecular weight is 487 g/mol. The largest absolute Gasteiger partial charge is 0.458 e. The summed E-state index contributed by atoms with van der Waals surface area (Å²) in [4.78, 5) is 23.8. The van der Waals surface area contributed by atoms with Crippen LogP contribution in [0.1, 0.15) is 113 Å². The van der Waals surface area contributed by atoms with Gasteiger partial charge in [-0.15, -0.1) is 0 Å². The normalized spacial score (nSPS) is 41.3. The van der Waals surface area contributed by atoms with Crippen molar-refractivity contribution in [1.82, 2.24) is 0 Å². The van der Waals surface area contributed by atoms with Crippen LogP contribution in [0.2, 0.25) is 0 Å². The summed E-state index contributed by atoms with van der Waals surface area (Å²) >= 11 is 0. The highest BCUT2D eigenvalue weighted by Crippen LogP contribution is 2.67. The van der Waals surface area contributed by atoms with Crippen LogP contribution in [-0.4, -0.2) is 24.1 Å². The zero-order valence-corrected chi connectivity index (χ0v) is 23.4. The van der Waals surface area contributed by atoms with Gasteiger partial charge in [0.25, 0.3) is 0 Å². The van der Waals surface area contributed by atoms with Gasteiger partial charge in [-0.05, 0) is 96.9 Å². The predicted molar refractivity (Wildman–Crippen MR) is 140 cm³/mol. The lowest BCUT2D eigenvalue weighted by Crippen LogP contribution is -2.55. The van der Waals surface area contributed by atoms with Gasteiger partial charge in [0, 0.05) is 13.8 Å². The van der Waals surface area contributed by atoms with Gasteiger partial charge in [-0.25, -0.2) is 0 Å². The zero-order chi connectivity index (χ0) is 25.5. The van der Waals surface area contributed by atoms with Crippen LogP contribution in [0.4, 0.5) is 0 Å². The maximum Gasteiger partial charge on any atom is 0.303 e. The third kappa shape index (κ3) is 4.97. The minimum absolute atomic E-state index is 0.0297. The molecule has 3 fully saturated rings. The van der Waals surface area contributed by atoms with Crippen molar-refractivity contribution in [3.05, 3.63) is 11.6 Å². The molecule has 0 aromatic rings. The van der Waals surface area contributed by atoms with Crippen molar-refractivity contribution in [1.29, 1.82) is 0 Å².